The standard InChI is InChI=1S/C15H18O2S/c1-17-11-12-4-2-5-13(10-12)15(16)8-7-14-6-3-9-18-14/h2-6,9-10,15-16H,7-8,11H2,1H3. The molecule has 0 radical (unpaired) electrons. The number of methoxy groups -OCH3 is 1. The normalized spacial score (nSPS) is 12.6. The Hall–Kier alpha value is -1.16. The zero-order valence-electron chi connectivity index (χ0n) is 10.5. The molecule has 0 bridgehead atoms. The molecular weight excluding hydrogens is 244 g/mol. The Bertz CT molecular complexity index is 465. The van der Waals surface area contributed by atoms with Crippen molar-refractivity contribution >= 4 is 11.3 Å². The average Bonchev–Trinajstić information content (AvgIpc) is 2.90. The van der Waals surface area contributed by atoms with Crippen molar-refractivity contribution in [2.24, 2.45) is 0 Å². The Balaban J connectivity index is 1.95. The number of aryl methyl sites for hydroxylation is 1. The van der Waals surface area contributed by atoms with Gasteiger partial charge in [0, 0.05) is 12.0 Å². The van der Waals surface area contributed by atoms with Crippen LogP contribution in [0.15, 0.2) is 41.8 Å². The van der Waals surface area contributed by atoms with Gasteiger partial charge in [0.05, 0.1) is 12.7 Å². The lowest BCUT2D eigenvalue weighted by molar-refractivity contribution is 0.166. The summed E-state index contributed by atoms with van der Waals surface area (Å²) in [5.74, 6) is 0. The first-order valence-corrected chi connectivity index (χ1v) is 6.96. The van der Waals surface area contributed by atoms with Crippen molar-refractivity contribution in [3.05, 3.63) is 57.8 Å². The van der Waals surface area contributed by atoms with Gasteiger partial charge < -0.3 is 9.84 Å². The molecule has 2 aromatic rings. The van der Waals surface area contributed by atoms with Gasteiger partial charge in [-0.3, -0.25) is 0 Å². The Morgan fingerprint density at radius 1 is 1.28 bits per heavy atom. The van der Waals surface area contributed by atoms with Gasteiger partial charge in [0.25, 0.3) is 0 Å². The van der Waals surface area contributed by atoms with Crippen molar-refractivity contribution in [3.8, 4) is 0 Å². The van der Waals surface area contributed by atoms with Crippen LogP contribution in [0.4, 0.5) is 0 Å². The first-order valence-electron chi connectivity index (χ1n) is 6.08. The Labute approximate surface area is 112 Å². The van der Waals surface area contributed by atoms with Gasteiger partial charge in [0.15, 0.2) is 0 Å². The number of aliphatic hydroxyl groups excluding tert-OH is 1. The highest BCUT2D eigenvalue weighted by Gasteiger charge is 2.08. The van der Waals surface area contributed by atoms with E-state index in [0.717, 1.165) is 24.0 Å². The summed E-state index contributed by atoms with van der Waals surface area (Å²) in [7, 11) is 1.68. The first kappa shape index (κ1) is 13.3. The van der Waals surface area contributed by atoms with E-state index in [1.165, 1.54) is 4.88 Å². The summed E-state index contributed by atoms with van der Waals surface area (Å²) >= 11 is 1.74. The van der Waals surface area contributed by atoms with Crippen LogP contribution in [0.5, 0.6) is 0 Å². The smallest absolute Gasteiger partial charge is 0.0793 e. The summed E-state index contributed by atoms with van der Waals surface area (Å²) in [6, 6.07) is 12.1. The van der Waals surface area contributed by atoms with Crippen LogP contribution in [-0.4, -0.2) is 12.2 Å². The van der Waals surface area contributed by atoms with E-state index in [2.05, 4.69) is 11.4 Å². The molecule has 1 aromatic heterocycles. The molecule has 0 fully saturated rings. The highest BCUT2D eigenvalue weighted by molar-refractivity contribution is 7.09. The molecule has 1 N–H and O–H groups in total. The fourth-order valence-corrected chi connectivity index (χ4v) is 2.68. The Morgan fingerprint density at radius 3 is 2.89 bits per heavy atom. The molecule has 0 spiro atoms. The molecule has 2 nitrogen and oxygen atoms in total. The highest BCUT2D eigenvalue weighted by Crippen LogP contribution is 2.21. The van der Waals surface area contributed by atoms with E-state index in [1.54, 1.807) is 18.4 Å². The molecule has 18 heavy (non-hydrogen) atoms. The molecule has 1 unspecified atom stereocenters. The zero-order chi connectivity index (χ0) is 12.8. The molecule has 0 aliphatic rings. The van der Waals surface area contributed by atoms with Crippen molar-refractivity contribution in [3.63, 3.8) is 0 Å². The molecular formula is C15H18O2S. The minimum Gasteiger partial charge on any atom is -0.388 e. The van der Waals surface area contributed by atoms with Crippen LogP contribution in [0.1, 0.15) is 28.5 Å². The summed E-state index contributed by atoms with van der Waals surface area (Å²) < 4.78 is 5.10. The summed E-state index contributed by atoms with van der Waals surface area (Å²) in [5.41, 5.74) is 2.08. The molecule has 96 valence electrons. The fourth-order valence-electron chi connectivity index (χ4n) is 1.96. The molecule has 1 heterocycles. The maximum atomic E-state index is 10.2. The number of ether oxygens (including phenoxy) is 1. The maximum absolute atomic E-state index is 10.2. The van der Waals surface area contributed by atoms with Gasteiger partial charge in [-0.2, -0.15) is 0 Å². The molecule has 0 aliphatic carbocycles. The second kappa shape index (κ2) is 6.69. The van der Waals surface area contributed by atoms with E-state index in [4.69, 9.17) is 4.74 Å². The third-order valence-corrected chi connectivity index (χ3v) is 3.83. The second-order valence-electron chi connectivity index (χ2n) is 4.31. The van der Waals surface area contributed by atoms with Crippen LogP contribution in [0.2, 0.25) is 0 Å². The molecule has 1 aromatic carbocycles. The van der Waals surface area contributed by atoms with Gasteiger partial charge >= 0.3 is 0 Å². The van der Waals surface area contributed by atoms with Crippen molar-refractivity contribution < 1.29 is 9.84 Å². The lowest BCUT2D eigenvalue weighted by Crippen LogP contribution is -2.00. The van der Waals surface area contributed by atoms with E-state index in [9.17, 15) is 5.11 Å². The number of hydrogen-bond donors (Lipinski definition) is 1. The van der Waals surface area contributed by atoms with E-state index >= 15 is 0 Å². The van der Waals surface area contributed by atoms with Crippen LogP contribution >= 0.6 is 11.3 Å². The largest absolute Gasteiger partial charge is 0.388 e. The monoisotopic (exact) mass is 262 g/mol. The van der Waals surface area contributed by atoms with E-state index in [0.29, 0.717) is 6.61 Å². The lowest BCUT2D eigenvalue weighted by Gasteiger charge is -2.11. The third-order valence-electron chi connectivity index (χ3n) is 2.89. The molecule has 0 saturated carbocycles. The fraction of sp³-hybridized carbons (Fsp3) is 0.333. The Morgan fingerprint density at radius 2 is 2.17 bits per heavy atom. The maximum Gasteiger partial charge on any atom is 0.0793 e. The van der Waals surface area contributed by atoms with E-state index < -0.39 is 6.10 Å². The van der Waals surface area contributed by atoms with Gasteiger partial charge in [-0.15, -0.1) is 11.3 Å². The van der Waals surface area contributed by atoms with Crippen molar-refractivity contribution in [2.75, 3.05) is 7.11 Å². The van der Waals surface area contributed by atoms with Crippen LogP contribution < -0.4 is 0 Å². The predicted octanol–water partition coefficient (Wildman–Crippen LogP) is 3.56. The molecule has 2 rings (SSSR count). The molecule has 1 atom stereocenters. The van der Waals surface area contributed by atoms with E-state index in [1.807, 2.05) is 30.3 Å². The summed E-state index contributed by atoms with van der Waals surface area (Å²) in [4.78, 5) is 1.32. The van der Waals surface area contributed by atoms with Gasteiger partial charge in [0.1, 0.15) is 0 Å². The number of aliphatic hydroxyl groups is 1. The number of hydrogen-bond acceptors (Lipinski definition) is 3. The molecule has 0 amide bonds. The summed E-state index contributed by atoms with van der Waals surface area (Å²) in [6.45, 7) is 0.589. The minimum atomic E-state index is -0.399. The van der Waals surface area contributed by atoms with Crippen LogP contribution in [0.3, 0.4) is 0 Å². The predicted molar refractivity (Wildman–Crippen MR) is 74.8 cm³/mol. The molecule has 0 saturated heterocycles. The van der Waals surface area contributed by atoms with Crippen molar-refractivity contribution in [1.29, 1.82) is 0 Å². The van der Waals surface area contributed by atoms with Gasteiger partial charge in [-0.05, 0) is 35.4 Å². The average molecular weight is 262 g/mol. The number of rotatable bonds is 6. The summed E-state index contributed by atoms with van der Waals surface area (Å²) in [6.07, 6.45) is 1.29. The zero-order valence-corrected chi connectivity index (χ0v) is 11.3. The van der Waals surface area contributed by atoms with Crippen LogP contribution in [0.25, 0.3) is 0 Å². The molecule has 3 heteroatoms. The second-order valence-corrected chi connectivity index (χ2v) is 5.34. The molecule has 0 aliphatic heterocycles. The number of benzene rings is 1. The Kier molecular flexibility index (Phi) is 4.93. The van der Waals surface area contributed by atoms with Gasteiger partial charge in [0.2, 0.25) is 0 Å². The van der Waals surface area contributed by atoms with Crippen molar-refractivity contribution in [2.45, 2.75) is 25.6 Å². The summed E-state index contributed by atoms with van der Waals surface area (Å²) in [5, 5.41) is 12.2. The minimum absolute atomic E-state index is 0.399. The topological polar surface area (TPSA) is 29.5 Å². The van der Waals surface area contributed by atoms with Gasteiger partial charge in [-0.25, -0.2) is 0 Å². The highest BCUT2D eigenvalue weighted by atomic mass is 32.1. The van der Waals surface area contributed by atoms with E-state index in [-0.39, 0.29) is 0 Å². The SMILES string of the molecule is COCc1cccc(C(O)CCc2cccs2)c1. The van der Waals surface area contributed by atoms with Crippen LogP contribution in [-0.2, 0) is 17.8 Å². The third kappa shape index (κ3) is 3.67. The van der Waals surface area contributed by atoms with Crippen molar-refractivity contribution in [1.82, 2.24) is 0 Å². The quantitative estimate of drug-likeness (QED) is 0.862. The number of thiophene rings is 1. The lowest BCUT2D eigenvalue weighted by atomic mass is 10.0. The van der Waals surface area contributed by atoms with Crippen LogP contribution in [0, 0.1) is 0 Å². The first-order chi connectivity index (χ1) is 8.79. The van der Waals surface area contributed by atoms with Gasteiger partial charge in [-0.1, -0.05) is 30.3 Å².